The van der Waals surface area contributed by atoms with Gasteiger partial charge in [0.2, 0.25) is 11.8 Å². The van der Waals surface area contributed by atoms with Crippen LogP contribution in [0, 0.1) is 13.8 Å². The van der Waals surface area contributed by atoms with E-state index in [0.717, 1.165) is 25.5 Å². The highest BCUT2D eigenvalue weighted by molar-refractivity contribution is 9.10. The van der Waals surface area contributed by atoms with Gasteiger partial charge in [-0.1, -0.05) is 52.3 Å². The second-order valence-electron chi connectivity index (χ2n) is 9.66. The van der Waals surface area contributed by atoms with E-state index in [0.29, 0.717) is 5.69 Å². The minimum atomic E-state index is -4.08. The Kier molecular flexibility index (Phi) is 9.73. The summed E-state index contributed by atoms with van der Waals surface area (Å²) >= 11 is 3.42. The molecule has 0 unspecified atom stereocenters. The molecule has 1 N–H and O–H groups in total. The lowest BCUT2D eigenvalue weighted by molar-refractivity contribution is -0.139. The molecule has 0 saturated heterocycles. The van der Waals surface area contributed by atoms with E-state index in [1.807, 2.05) is 58.0 Å². The van der Waals surface area contributed by atoms with Crippen LogP contribution >= 0.6 is 15.9 Å². The first-order valence-corrected chi connectivity index (χ1v) is 14.6. The van der Waals surface area contributed by atoms with Gasteiger partial charge in [-0.05, 0) is 87.7 Å². The summed E-state index contributed by atoms with van der Waals surface area (Å²) < 4.78 is 29.7. The Labute approximate surface area is 234 Å². The number of sulfonamides is 1. The number of aryl methyl sites for hydroxylation is 2. The SMILES string of the molecule is Cc1cc(C)cc(N(CC(=O)N(Cc2ccc(Br)cc2)[C@@H](C)C(=O)NC(C)C)S(=O)(=O)c2ccccc2)c1. The van der Waals surface area contributed by atoms with Crippen molar-refractivity contribution < 1.29 is 18.0 Å². The van der Waals surface area contributed by atoms with Crippen molar-refractivity contribution in [2.45, 2.75) is 58.1 Å². The average Bonchev–Trinajstić information content (AvgIpc) is 2.85. The van der Waals surface area contributed by atoms with Gasteiger partial charge in [-0.15, -0.1) is 0 Å². The van der Waals surface area contributed by atoms with Crippen LogP contribution in [-0.4, -0.2) is 43.8 Å². The Morgan fingerprint density at radius 2 is 1.47 bits per heavy atom. The van der Waals surface area contributed by atoms with Gasteiger partial charge in [0.05, 0.1) is 10.6 Å². The quantitative estimate of drug-likeness (QED) is 0.347. The molecule has 0 aromatic heterocycles. The third-order valence-electron chi connectivity index (χ3n) is 5.97. The lowest BCUT2D eigenvalue weighted by Crippen LogP contribution is -2.52. The van der Waals surface area contributed by atoms with Gasteiger partial charge < -0.3 is 10.2 Å². The molecular formula is C29H34BrN3O4S. The number of carbonyl (C=O) groups excluding carboxylic acids is 2. The predicted octanol–water partition coefficient (Wildman–Crippen LogP) is 5.20. The molecule has 0 aliphatic heterocycles. The van der Waals surface area contributed by atoms with Crippen LogP contribution in [0.5, 0.6) is 0 Å². The Hall–Kier alpha value is -3.17. The highest BCUT2D eigenvalue weighted by atomic mass is 79.9. The number of nitrogens with zero attached hydrogens (tertiary/aromatic N) is 2. The van der Waals surface area contributed by atoms with E-state index in [-0.39, 0.29) is 23.4 Å². The van der Waals surface area contributed by atoms with Crippen LogP contribution in [0.25, 0.3) is 0 Å². The van der Waals surface area contributed by atoms with Crippen molar-refractivity contribution >= 4 is 43.5 Å². The van der Waals surface area contributed by atoms with Crippen molar-refractivity contribution in [1.29, 1.82) is 0 Å². The first-order chi connectivity index (χ1) is 17.9. The van der Waals surface area contributed by atoms with Gasteiger partial charge in [-0.2, -0.15) is 0 Å². The van der Waals surface area contributed by atoms with E-state index in [1.54, 1.807) is 37.3 Å². The third kappa shape index (κ3) is 7.45. The summed E-state index contributed by atoms with van der Waals surface area (Å²) in [4.78, 5) is 28.4. The van der Waals surface area contributed by atoms with Crippen LogP contribution in [0.3, 0.4) is 0 Å². The highest BCUT2D eigenvalue weighted by Gasteiger charge is 2.32. The summed E-state index contributed by atoms with van der Waals surface area (Å²) in [5.41, 5.74) is 2.95. The summed E-state index contributed by atoms with van der Waals surface area (Å²) in [6.07, 6.45) is 0. The number of anilines is 1. The standard InChI is InChI=1S/C29H34BrN3O4S/c1-20(2)31-29(35)23(5)32(18-24-11-13-25(30)14-12-24)28(34)19-33(26-16-21(3)15-22(4)17-26)38(36,37)27-9-7-6-8-10-27/h6-17,20,23H,18-19H2,1-5H3,(H,31,35)/t23-/m0/s1. The van der Waals surface area contributed by atoms with E-state index in [4.69, 9.17) is 0 Å². The van der Waals surface area contributed by atoms with Crippen LogP contribution in [0.2, 0.25) is 0 Å². The van der Waals surface area contributed by atoms with Crippen molar-refractivity contribution in [3.8, 4) is 0 Å². The Bertz CT molecular complexity index is 1360. The summed E-state index contributed by atoms with van der Waals surface area (Å²) in [6, 6.07) is 20.0. The third-order valence-corrected chi connectivity index (χ3v) is 8.29. The Balaban J connectivity index is 2.05. The fourth-order valence-corrected chi connectivity index (χ4v) is 5.80. The number of rotatable bonds is 10. The normalized spacial score (nSPS) is 12.2. The van der Waals surface area contributed by atoms with Crippen LogP contribution in [-0.2, 0) is 26.2 Å². The molecule has 0 aliphatic rings. The number of amides is 2. The van der Waals surface area contributed by atoms with Gasteiger partial charge in [0.25, 0.3) is 10.0 Å². The number of carbonyl (C=O) groups is 2. The number of benzene rings is 3. The molecule has 0 bridgehead atoms. The van der Waals surface area contributed by atoms with Gasteiger partial charge in [0.15, 0.2) is 0 Å². The van der Waals surface area contributed by atoms with Gasteiger partial charge >= 0.3 is 0 Å². The Morgan fingerprint density at radius 1 is 0.895 bits per heavy atom. The first-order valence-electron chi connectivity index (χ1n) is 12.4. The molecular weight excluding hydrogens is 566 g/mol. The summed E-state index contributed by atoms with van der Waals surface area (Å²) in [7, 11) is -4.08. The highest BCUT2D eigenvalue weighted by Crippen LogP contribution is 2.26. The first kappa shape index (κ1) is 29.4. The molecule has 3 aromatic rings. The lowest BCUT2D eigenvalue weighted by Gasteiger charge is -2.32. The molecule has 1 atom stereocenters. The molecule has 7 nitrogen and oxygen atoms in total. The number of nitrogens with one attached hydrogen (secondary N) is 1. The topological polar surface area (TPSA) is 86.8 Å². The number of hydrogen-bond donors (Lipinski definition) is 1. The van der Waals surface area contributed by atoms with E-state index in [2.05, 4.69) is 21.2 Å². The average molecular weight is 601 g/mol. The molecule has 0 saturated carbocycles. The Morgan fingerprint density at radius 3 is 2.03 bits per heavy atom. The van der Waals surface area contributed by atoms with Gasteiger partial charge in [-0.25, -0.2) is 8.42 Å². The molecule has 0 heterocycles. The zero-order valence-corrected chi connectivity index (χ0v) is 24.7. The second kappa shape index (κ2) is 12.6. The maximum Gasteiger partial charge on any atom is 0.264 e. The monoisotopic (exact) mass is 599 g/mol. The molecule has 3 rings (SSSR count). The van der Waals surface area contributed by atoms with Crippen molar-refractivity contribution in [3.63, 3.8) is 0 Å². The summed E-state index contributed by atoms with van der Waals surface area (Å²) in [5, 5.41) is 2.86. The molecule has 0 fully saturated rings. The lowest BCUT2D eigenvalue weighted by atomic mass is 10.1. The zero-order chi connectivity index (χ0) is 28.0. The molecule has 0 radical (unpaired) electrons. The van der Waals surface area contributed by atoms with Crippen LogP contribution < -0.4 is 9.62 Å². The molecule has 3 aromatic carbocycles. The van der Waals surface area contributed by atoms with Crippen molar-refractivity contribution in [2.24, 2.45) is 0 Å². The molecule has 2 amide bonds. The van der Waals surface area contributed by atoms with Crippen molar-refractivity contribution in [3.05, 3.63) is 94.0 Å². The van der Waals surface area contributed by atoms with Gasteiger partial charge in [0.1, 0.15) is 12.6 Å². The van der Waals surface area contributed by atoms with Gasteiger partial charge in [0, 0.05) is 17.1 Å². The molecule has 202 valence electrons. The molecule has 0 spiro atoms. The largest absolute Gasteiger partial charge is 0.352 e. The molecule has 0 aliphatic carbocycles. The molecule has 9 heteroatoms. The van der Waals surface area contributed by atoms with E-state index in [1.165, 1.54) is 17.0 Å². The molecule has 38 heavy (non-hydrogen) atoms. The fourth-order valence-electron chi connectivity index (χ4n) is 4.12. The van der Waals surface area contributed by atoms with E-state index < -0.39 is 28.5 Å². The minimum Gasteiger partial charge on any atom is -0.352 e. The second-order valence-corrected chi connectivity index (χ2v) is 12.4. The van der Waals surface area contributed by atoms with Crippen LogP contribution in [0.4, 0.5) is 5.69 Å². The van der Waals surface area contributed by atoms with E-state index >= 15 is 0 Å². The maximum absolute atomic E-state index is 13.9. The minimum absolute atomic E-state index is 0.0806. The summed E-state index contributed by atoms with van der Waals surface area (Å²) in [5.74, 6) is -0.799. The number of halogens is 1. The van der Waals surface area contributed by atoms with Crippen LogP contribution in [0.1, 0.15) is 37.5 Å². The maximum atomic E-state index is 13.9. The summed E-state index contributed by atoms with van der Waals surface area (Å²) in [6.45, 7) is 8.79. The zero-order valence-electron chi connectivity index (χ0n) is 22.3. The van der Waals surface area contributed by atoms with Crippen molar-refractivity contribution in [1.82, 2.24) is 10.2 Å². The number of hydrogen-bond acceptors (Lipinski definition) is 4. The van der Waals surface area contributed by atoms with E-state index in [9.17, 15) is 18.0 Å². The predicted molar refractivity (Wildman–Crippen MR) is 154 cm³/mol. The van der Waals surface area contributed by atoms with Crippen molar-refractivity contribution in [2.75, 3.05) is 10.8 Å². The fraction of sp³-hybridized carbons (Fsp3) is 0.310. The van der Waals surface area contributed by atoms with Crippen LogP contribution in [0.15, 0.2) is 82.2 Å². The smallest absolute Gasteiger partial charge is 0.264 e. The van der Waals surface area contributed by atoms with Gasteiger partial charge in [-0.3, -0.25) is 13.9 Å².